The number of aryl methyl sites for hydroxylation is 2. The molecule has 1 unspecified atom stereocenters. The van der Waals surface area contributed by atoms with Crippen LogP contribution in [0.1, 0.15) is 54.4 Å². The van der Waals surface area contributed by atoms with E-state index in [1.54, 1.807) is 0 Å². The Kier molecular flexibility index (Phi) is 3.36. The minimum absolute atomic E-state index is 0.248. The summed E-state index contributed by atoms with van der Waals surface area (Å²) in [7, 11) is 0. The second-order valence-electron chi connectivity index (χ2n) is 4.99. The highest BCUT2D eigenvalue weighted by Crippen LogP contribution is 2.37. The van der Waals surface area contributed by atoms with E-state index in [1.807, 2.05) is 13.8 Å². The average molecular weight is 222 g/mol. The topological polar surface area (TPSA) is 51.2 Å². The molecule has 16 heavy (non-hydrogen) atoms. The third kappa shape index (κ3) is 2.30. The summed E-state index contributed by atoms with van der Waals surface area (Å²) in [4.78, 5) is 0. The van der Waals surface area contributed by atoms with Gasteiger partial charge < -0.3 is 4.42 Å². The molecule has 0 radical (unpaired) electrons. The zero-order valence-electron chi connectivity index (χ0n) is 10.5. The molecular weight excluding hydrogens is 200 g/mol. The Morgan fingerprint density at radius 2 is 2.00 bits per heavy atom. The molecule has 3 heteroatoms. The van der Waals surface area contributed by atoms with Crippen molar-refractivity contribution in [3.8, 4) is 0 Å². The van der Waals surface area contributed by atoms with Crippen LogP contribution in [0.5, 0.6) is 0 Å². The van der Waals surface area contributed by atoms with Gasteiger partial charge in [0.1, 0.15) is 11.5 Å². The fourth-order valence-electron chi connectivity index (χ4n) is 2.44. The molecule has 3 nitrogen and oxygen atoms in total. The second kappa shape index (κ2) is 4.60. The van der Waals surface area contributed by atoms with E-state index in [0.29, 0.717) is 0 Å². The van der Waals surface area contributed by atoms with E-state index in [0.717, 1.165) is 23.9 Å². The molecule has 1 heterocycles. The Hall–Kier alpha value is -0.800. The fraction of sp³-hybridized carbons (Fsp3) is 0.692. The predicted molar refractivity (Wildman–Crippen MR) is 64.9 cm³/mol. The lowest BCUT2D eigenvalue weighted by molar-refractivity contribution is 0.458. The molecule has 2 rings (SSSR count). The van der Waals surface area contributed by atoms with Crippen molar-refractivity contribution in [3.63, 3.8) is 0 Å². The maximum atomic E-state index is 5.67. The van der Waals surface area contributed by atoms with Gasteiger partial charge in [0.15, 0.2) is 0 Å². The molecule has 1 aliphatic rings. The van der Waals surface area contributed by atoms with Crippen LogP contribution in [0.25, 0.3) is 0 Å². The molecule has 0 aliphatic heterocycles. The SMILES string of the molecule is Cc1oc(C)c(C(CCC2CC2)NN)c1C. The standard InChI is InChI=1S/C13H22N2O/c1-8-9(2)16-10(3)13(8)12(15-14)7-6-11-4-5-11/h11-12,15H,4-7,14H2,1-3H3. The van der Waals surface area contributed by atoms with Crippen LogP contribution in [0.15, 0.2) is 4.42 Å². The first-order valence-electron chi connectivity index (χ1n) is 6.16. The summed E-state index contributed by atoms with van der Waals surface area (Å²) in [6.45, 7) is 6.15. The van der Waals surface area contributed by atoms with Crippen LogP contribution in [-0.2, 0) is 0 Å². The van der Waals surface area contributed by atoms with Gasteiger partial charge in [0, 0.05) is 11.6 Å². The molecular formula is C13H22N2O. The van der Waals surface area contributed by atoms with Gasteiger partial charge in [-0.2, -0.15) is 0 Å². The maximum absolute atomic E-state index is 5.67. The van der Waals surface area contributed by atoms with Crippen LogP contribution in [0.3, 0.4) is 0 Å². The lowest BCUT2D eigenvalue weighted by Crippen LogP contribution is -2.28. The Morgan fingerprint density at radius 3 is 2.44 bits per heavy atom. The van der Waals surface area contributed by atoms with Crippen molar-refractivity contribution in [2.45, 2.75) is 52.5 Å². The Balaban J connectivity index is 2.11. The lowest BCUT2D eigenvalue weighted by atomic mass is 9.97. The summed E-state index contributed by atoms with van der Waals surface area (Å²) in [5.41, 5.74) is 5.45. The summed E-state index contributed by atoms with van der Waals surface area (Å²) in [5.74, 6) is 8.64. The van der Waals surface area contributed by atoms with Crippen molar-refractivity contribution in [3.05, 3.63) is 22.6 Å². The van der Waals surface area contributed by atoms with Crippen molar-refractivity contribution < 1.29 is 4.42 Å². The first-order chi connectivity index (χ1) is 7.63. The van der Waals surface area contributed by atoms with Gasteiger partial charge in [-0.1, -0.05) is 12.8 Å². The molecule has 0 spiro atoms. The lowest BCUT2D eigenvalue weighted by Gasteiger charge is -2.16. The summed E-state index contributed by atoms with van der Waals surface area (Å²) in [5, 5.41) is 0. The number of hydrazine groups is 1. The quantitative estimate of drug-likeness (QED) is 0.595. The van der Waals surface area contributed by atoms with Gasteiger partial charge in [-0.15, -0.1) is 0 Å². The van der Waals surface area contributed by atoms with E-state index in [2.05, 4.69) is 12.3 Å². The summed E-state index contributed by atoms with van der Waals surface area (Å²) >= 11 is 0. The molecule has 1 aromatic heterocycles. The van der Waals surface area contributed by atoms with Crippen LogP contribution in [-0.4, -0.2) is 0 Å². The number of rotatable bonds is 5. The summed E-state index contributed by atoms with van der Waals surface area (Å²) < 4.78 is 5.65. The maximum Gasteiger partial charge on any atom is 0.106 e. The molecule has 0 bridgehead atoms. The van der Waals surface area contributed by atoms with Gasteiger partial charge in [-0.05, 0) is 45.1 Å². The van der Waals surface area contributed by atoms with Crippen molar-refractivity contribution in [2.24, 2.45) is 11.8 Å². The normalized spacial score (nSPS) is 17.8. The minimum atomic E-state index is 0.248. The Bertz CT molecular complexity index is 366. The van der Waals surface area contributed by atoms with Crippen molar-refractivity contribution in [2.75, 3.05) is 0 Å². The number of nitrogens with one attached hydrogen (secondary N) is 1. The predicted octanol–water partition coefficient (Wildman–Crippen LogP) is 2.90. The largest absolute Gasteiger partial charge is 0.466 e. The van der Waals surface area contributed by atoms with Crippen LogP contribution < -0.4 is 11.3 Å². The molecule has 1 atom stereocenters. The van der Waals surface area contributed by atoms with E-state index >= 15 is 0 Å². The van der Waals surface area contributed by atoms with Crippen LogP contribution in [0.4, 0.5) is 0 Å². The first-order valence-corrected chi connectivity index (χ1v) is 6.16. The highest BCUT2D eigenvalue weighted by Gasteiger charge is 2.25. The molecule has 1 aromatic rings. The highest BCUT2D eigenvalue weighted by molar-refractivity contribution is 5.34. The molecule has 0 amide bonds. The number of hydrogen-bond donors (Lipinski definition) is 2. The average Bonchev–Trinajstić information content (AvgIpc) is 3.02. The molecule has 3 N–H and O–H groups in total. The Labute approximate surface area is 97.4 Å². The van der Waals surface area contributed by atoms with E-state index in [-0.39, 0.29) is 6.04 Å². The van der Waals surface area contributed by atoms with Crippen LogP contribution >= 0.6 is 0 Å². The number of nitrogens with two attached hydrogens (primary N) is 1. The third-order valence-corrected chi connectivity index (χ3v) is 3.73. The van der Waals surface area contributed by atoms with Crippen molar-refractivity contribution >= 4 is 0 Å². The summed E-state index contributed by atoms with van der Waals surface area (Å²) in [6, 6.07) is 0.248. The van der Waals surface area contributed by atoms with Crippen LogP contribution in [0, 0.1) is 26.7 Å². The van der Waals surface area contributed by atoms with E-state index < -0.39 is 0 Å². The van der Waals surface area contributed by atoms with Crippen LogP contribution in [0.2, 0.25) is 0 Å². The highest BCUT2D eigenvalue weighted by atomic mass is 16.3. The first kappa shape index (κ1) is 11.7. The number of hydrogen-bond acceptors (Lipinski definition) is 3. The zero-order chi connectivity index (χ0) is 11.7. The van der Waals surface area contributed by atoms with Gasteiger partial charge in [0.2, 0.25) is 0 Å². The summed E-state index contributed by atoms with van der Waals surface area (Å²) in [6.07, 6.45) is 5.19. The van der Waals surface area contributed by atoms with Crippen molar-refractivity contribution in [1.82, 2.24) is 5.43 Å². The number of furan rings is 1. The minimum Gasteiger partial charge on any atom is -0.466 e. The smallest absolute Gasteiger partial charge is 0.106 e. The second-order valence-corrected chi connectivity index (χ2v) is 4.99. The molecule has 90 valence electrons. The Morgan fingerprint density at radius 1 is 1.31 bits per heavy atom. The van der Waals surface area contributed by atoms with E-state index in [1.165, 1.54) is 30.4 Å². The van der Waals surface area contributed by atoms with Crippen molar-refractivity contribution in [1.29, 1.82) is 0 Å². The van der Waals surface area contributed by atoms with Gasteiger partial charge in [0.25, 0.3) is 0 Å². The van der Waals surface area contributed by atoms with Gasteiger partial charge in [-0.25, -0.2) is 0 Å². The van der Waals surface area contributed by atoms with Gasteiger partial charge in [-0.3, -0.25) is 11.3 Å². The zero-order valence-corrected chi connectivity index (χ0v) is 10.5. The van der Waals surface area contributed by atoms with E-state index in [4.69, 9.17) is 10.3 Å². The molecule has 1 fully saturated rings. The molecule has 0 aromatic carbocycles. The molecule has 0 saturated heterocycles. The fourth-order valence-corrected chi connectivity index (χ4v) is 2.44. The van der Waals surface area contributed by atoms with Gasteiger partial charge in [0.05, 0.1) is 0 Å². The third-order valence-electron chi connectivity index (χ3n) is 3.73. The van der Waals surface area contributed by atoms with E-state index in [9.17, 15) is 0 Å². The monoisotopic (exact) mass is 222 g/mol. The van der Waals surface area contributed by atoms with Gasteiger partial charge >= 0.3 is 0 Å². The molecule has 1 saturated carbocycles. The molecule has 1 aliphatic carbocycles.